The van der Waals surface area contributed by atoms with Crippen molar-refractivity contribution in [3.63, 3.8) is 0 Å². The number of hydrogen-bond donors (Lipinski definition) is 1. The van der Waals surface area contributed by atoms with Crippen molar-refractivity contribution in [2.24, 2.45) is 0 Å². The van der Waals surface area contributed by atoms with E-state index in [0.717, 1.165) is 11.3 Å². The Morgan fingerprint density at radius 3 is 2.72 bits per heavy atom. The number of carbonyl (C=O) groups excluding carboxylic acids is 1. The zero-order chi connectivity index (χ0) is 17.2. The standard InChI is InChI=1S/C19H15N3O3/c1-12-21-22-19(25-12)15-7-3-4-8-16(15)20-18(23)14-10-13-6-2-5-9-17(13)24-11-14/h2-10H,11H2,1H3,(H,20,23). The molecule has 0 saturated heterocycles. The fourth-order valence-corrected chi connectivity index (χ4v) is 2.63. The SMILES string of the molecule is Cc1nnc(-c2ccccc2NC(=O)C2=Cc3ccccc3OC2)o1. The fraction of sp³-hybridized carbons (Fsp3) is 0.105. The van der Waals surface area contributed by atoms with Crippen molar-refractivity contribution in [1.29, 1.82) is 0 Å². The first-order valence-electron chi connectivity index (χ1n) is 7.84. The highest BCUT2D eigenvalue weighted by molar-refractivity contribution is 6.08. The summed E-state index contributed by atoms with van der Waals surface area (Å²) < 4.78 is 11.1. The predicted octanol–water partition coefficient (Wildman–Crippen LogP) is 3.46. The Hall–Kier alpha value is -3.41. The van der Waals surface area contributed by atoms with Gasteiger partial charge in [-0.25, -0.2) is 0 Å². The van der Waals surface area contributed by atoms with Crippen LogP contribution in [0.25, 0.3) is 17.5 Å². The molecule has 3 aromatic rings. The molecule has 25 heavy (non-hydrogen) atoms. The number of aromatic nitrogens is 2. The summed E-state index contributed by atoms with van der Waals surface area (Å²) in [6, 6.07) is 14.9. The molecule has 6 nitrogen and oxygen atoms in total. The van der Waals surface area contributed by atoms with Crippen LogP contribution in [0.15, 0.2) is 58.5 Å². The number of fused-ring (bicyclic) bond motifs is 1. The van der Waals surface area contributed by atoms with E-state index in [1.165, 1.54) is 0 Å². The van der Waals surface area contributed by atoms with Crippen LogP contribution in [-0.2, 0) is 4.79 Å². The molecule has 1 aliphatic heterocycles. The van der Waals surface area contributed by atoms with Gasteiger partial charge in [0.15, 0.2) is 0 Å². The maximum absolute atomic E-state index is 12.6. The van der Waals surface area contributed by atoms with Gasteiger partial charge in [0.25, 0.3) is 5.91 Å². The van der Waals surface area contributed by atoms with E-state index in [-0.39, 0.29) is 12.5 Å². The summed E-state index contributed by atoms with van der Waals surface area (Å²) in [6.45, 7) is 1.95. The minimum absolute atomic E-state index is 0.224. The molecular weight excluding hydrogens is 318 g/mol. The van der Waals surface area contributed by atoms with Crippen molar-refractivity contribution in [2.75, 3.05) is 11.9 Å². The largest absolute Gasteiger partial charge is 0.488 e. The molecule has 2 aromatic carbocycles. The van der Waals surface area contributed by atoms with Crippen LogP contribution in [0.4, 0.5) is 5.69 Å². The zero-order valence-corrected chi connectivity index (χ0v) is 13.5. The molecule has 1 N–H and O–H groups in total. The lowest BCUT2D eigenvalue weighted by atomic mass is 10.1. The van der Waals surface area contributed by atoms with E-state index < -0.39 is 0 Å². The van der Waals surface area contributed by atoms with Crippen molar-refractivity contribution in [3.8, 4) is 17.2 Å². The number of benzene rings is 2. The van der Waals surface area contributed by atoms with Crippen molar-refractivity contribution in [1.82, 2.24) is 10.2 Å². The summed E-state index contributed by atoms with van der Waals surface area (Å²) in [7, 11) is 0. The third-order valence-corrected chi connectivity index (χ3v) is 3.86. The lowest BCUT2D eigenvalue weighted by Gasteiger charge is -2.18. The van der Waals surface area contributed by atoms with Gasteiger partial charge in [-0.1, -0.05) is 30.3 Å². The molecule has 0 aliphatic carbocycles. The topological polar surface area (TPSA) is 77.2 Å². The van der Waals surface area contributed by atoms with E-state index in [9.17, 15) is 4.79 Å². The highest BCUT2D eigenvalue weighted by atomic mass is 16.5. The van der Waals surface area contributed by atoms with Gasteiger partial charge in [0, 0.05) is 12.5 Å². The Labute approximate surface area is 144 Å². The predicted molar refractivity (Wildman–Crippen MR) is 93.0 cm³/mol. The highest BCUT2D eigenvalue weighted by Crippen LogP contribution is 2.29. The number of nitrogens with one attached hydrogen (secondary N) is 1. The average Bonchev–Trinajstić information content (AvgIpc) is 3.08. The molecule has 0 saturated carbocycles. The molecule has 0 unspecified atom stereocenters. The Morgan fingerprint density at radius 2 is 1.88 bits per heavy atom. The molecule has 0 radical (unpaired) electrons. The first-order valence-corrected chi connectivity index (χ1v) is 7.84. The summed E-state index contributed by atoms with van der Waals surface area (Å²) in [5.41, 5.74) is 2.72. The number of hydrogen-bond acceptors (Lipinski definition) is 5. The van der Waals surface area contributed by atoms with Crippen LogP contribution in [0.3, 0.4) is 0 Å². The molecule has 1 aliphatic rings. The minimum Gasteiger partial charge on any atom is -0.488 e. The van der Waals surface area contributed by atoms with Gasteiger partial charge < -0.3 is 14.5 Å². The Bertz CT molecular complexity index is 975. The second-order valence-electron chi connectivity index (χ2n) is 5.62. The molecule has 6 heteroatoms. The first kappa shape index (κ1) is 15.1. The van der Waals surface area contributed by atoms with Gasteiger partial charge in [-0.05, 0) is 24.3 Å². The third kappa shape index (κ3) is 3.01. The van der Waals surface area contributed by atoms with Gasteiger partial charge in [-0.2, -0.15) is 0 Å². The molecule has 0 fully saturated rings. The second kappa shape index (κ2) is 6.24. The quantitative estimate of drug-likeness (QED) is 0.794. The lowest BCUT2D eigenvalue weighted by Crippen LogP contribution is -2.21. The van der Waals surface area contributed by atoms with Crippen LogP contribution in [0, 0.1) is 6.92 Å². The molecule has 0 bridgehead atoms. The number of nitrogens with zero attached hydrogens (tertiary/aromatic N) is 2. The van der Waals surface area contributed by atoms with Gasteiger partial charge in [0.2, 0.25) is 11.8 Å². The van der Waals surface area contributed by atoms with E-state index in [4.69, 9.17) is 9.15 Å². The maximum Gasteiger partial charge on any atom is 0.255 e. The Kier molecular flexibility index (Phi) is 3.78. The summed E-state index contributed by atoms with van der Waals surface area (Å²) in [6.07, 6.45) is 1.84. The number of para-hydroxylation sites is 2. The molecule has 4 rings (SSSR count). The second-order valence-corrected chi connectivity index (χ2v) is 5.62. The number of carbonyl (C=O) groups is 1. The normalized spacial score (nSPS) is 12.8. The monoisotopic (exact) mass is 333 g/mol. The van der Waals surface area contributed by atoms with E-state index in [0.29, 0.717) is 28.6 Å². The fourth-order valence-electron chi connectivity index (χ4n) is 2.63. The van der Waals surface area contributed by atoms with Crippen LogP contribution in [-0.4, -0.2) is 22.7 Å². The van der Waals surface area contributed by atoms with E-state index in [2.05, 4.69) is 15.5 Å². The van der Waals surface area contributed by atoms with Gasteiger partial charge >= 0.3 is 0 Å². The van der Waals surface area contributed by atoms with Crippen molar-refractivity contribution >= 4 is 17.7 Å². The third-order valence-electron chi connectivity index (χ3n) is 3.86. The smallest absolute Gasteiger partial charge is 0.255 e. The van der Waals surface area contributed by atoms with Crippen molar-refractivity contribution in [3.05, 3.63) is 65.6 Å². The number of aryl methyl sites for hydroxylation is 1. The van der Waals surface area contributed by atoms with Crippen molar-refractivity contribution in [2.45, 2.75) is 6.92 Å². The van der Waals surface area contributed by atoms with E-state index >= 15 is 0 Å². The zero-order valence-electron chi connectivity index (χ0n) is 13.5. The van der Waals surface area contributed by atoms with Crippen LogP contribution in [0.2, 0.25) is 0 Å². The van der Waals surface area contributed by atoms with Gasteiger partial charge in [0.1, 0.15) is 12.4 Å². The molecular formula is C19H15N3O3. The molecule has 0 atom stereocenters. The van der Waals surface area contributed by atoms with Gasteiger partial charge in [-0.3, -0.25) is 4.79 Å². The number of ether oxygens (including phenoxy) is 1. The molecule has 1 amide bonds. The van der Waals surface area contributed by atoms with Gasteiger partial charge in [-0.15, -0.1) is 10.2 Å². The maximum atomic E-state index is 12.6. The molecule has 2 heterocycles. The Balaban J connectivity index is 1.61. The van der Waals surface area contributed by atoms with Gasteiger partial charge in [0.05, 0.1) is 16.8 Å². The lowest BCUT2D eigenvalue weighted by molar-refractivity contribution is -0.113. The van der Waals surface area contributed by atoms with Crippen LogP contribution in [0.1, 0.15) is 11.5 Å². The number of rotatable bonds is 3. The average molecular weight is 333 g/mol. The summed E-state index contributed by atoms with van der Waals surface area (Å²) in [5.74, 6) is 1.39. The molecule has 1 aromatic heterocycles. The van der Waals surface area contributed by atoms with E-state index in [1.54, 1.807) is 13.0 Å². The molecule has 124 valence electrons. The summed E-state index contributed by atoms with van der Waals surface area (Å²) in [5, 5.41) is 10.8. The molecule has 0 spiro atoms. The number of amides is 1. The summed E-state index contributed by atoms with van der Waals surface area (Å²) >= 11 is 0. The minimum atomic E-state index is -0.224. The summed E-state index contributed by atoms with van der Waals surface area (Å²) in [4.78, 5) is 12.6. The van der Waals surface area contributed by atoms with Crippen LogP contribution >= 0.6 is 0 Å². The number of anilines is 1. The highest BCUT2D eigenvalue weighted by Gasteiger charge is 2.19. The first-order chi connectivity index (χ1) is 12.2. The van der Waals surface area contributed by atoms with Crippen molar-refractivity contribution < 1.29 is 13.9 Å². The van der Waals surface area contributed by atoms with Crippen LogP contribution in [0.5, 0.6) is 5.75 Å². The van der Waals surface area contributed by atoms with E-state index in [1.807, 2.05) is 48.5 Å². The Morgan fingerprint density at radius 1 is 1.08 bits per heavy atom. The van der Waals surface area contributed by atoms with Crippen LogP contribution < -0.4 is 10.1 Å².